The Balaban J connectivity index is 2.29. The van der Waals surface area contributed by atoms with Crippen molar-refractivity contribution in [2.75, 3.05) is 0 Å². The van der Waals surface area contributed by atoms with Crippen molar-refractivity contribution in [1.82, 2.24) is 4.98 Å². The summed E-state index contributed by atoms with van der Waals surface area (Å²) in [6.45, 7) is 0. The highest BCUT2D eigenvalue weighted by Gasteiger charge is 2.20. The fourth-order valence-corrected chi connectivity index (χ4v) is 2.27. The van der Waals surface area contributed by atoms with E-state index < -0.39 is 11.9 Å². The summed E-state index contributed by atoms with van der Waals surface area (Å²) in [6.07, 6.45) is 1.91. The van der Waals surface area contributed by atoms with Gasteiger partial charge in [-0.2, -0.15) is 0 Å². The van der Waals surface area contributed by atoms with Gasteiger partial charge >= 0.3 is 5.97 Å². The molecule has 0 aliphatic carbocycles. The third-order valence-electron chi connectivity index (χ3n) is 2.78. The Labute approximate surface area is 120 Å². The summed E-state index contributed by atoms with van der Waals surface area (Å²) in [5.41, 5.74) is 1.50. The molecule has 5 heteroatoms. The molecule has 19 heavy (non-hydrogen) atoms. The lowest BCUT2D eigenvalue weighted by Gasteiger charge is -2.13. The van der Waals surface area contributed by atoms with E-state index in [2.05, 4.69) is 4.98 Å². The van der Waals surface area contributed by atoms with Gasteiger partial charge in [0.05, 0.1) is 5.92 Å². The van der Waals surface area contributed by atoms with Crippen molar-refractivity contribution in [2.45, 2.75) is 12.3 Å². The number of carboxylic acids is 1. The Morgan fingerprint density at radius 2 is 2.05 bits per heavy atom. The van der Waals surface area contributed by atoms with Crippen LogP contribution in [0.25, 0.3) is 0 Å². The van der Waals surface area contributed by atoms with Gasteiger partial charge in [-0.1, -0.05) is 35.3 Å². The van der Waals surface area contributed by atoms with Crippen LogP contribution in [0.2, 0.25) is 10.2 Å². The van der Waals surface area contributed by atoms with Gasteiger partial charge in [-0.05, 0) is 41.8 Å². The van der Waals surface area contributed by atoms with Crippen LogP contribution < -0.4 is 0 Å². The predicted octanol–water partition coefficient (Wildman–Crippen LogP) is 3.80. The molecule has 0 aliphatic heterocycles. The standard InChI is InChI=1S/C14H11Cl2NO2/c15-11-3-1-2-10(8-11)12(14(18)19)6-9-4-5-17-13(16)7-9/h1-5,7-8,12H,6H2,(H,18,19). The highest BCUT2D eigenvalue weighted by Crippen LogP contribution is 2.24. The zero-order valence-corrected chi connectivity index (χ0v) is 11.4. The number of benzene rings is 1. The van der Waals surface area contributed by atoms with Crippen LogP contribution in [-0.4, -0.2) is 16.1 Å². The van der Waals surface area contributed by atoms with E-state index in [0.29, 0.717) is 22.2 Å². The van der Waals surface area contributed by atoms with Crippen molar-refractivity contribution in [1.29, 1.82) is 0 Å². The summed E-state index contributed by atoms with van der Waals surface area (Å²) in [5.74, 6) is -1.55. The number of aliphatic carboxylic acids is 1. The first-order valence-electron chi connectivity index (χ1n) is 5.65. The summed E-state index contributed by atoms with van der Waals surface area (Å²) in [4.78, 5) is 15.3. The number of aromatic nitrogens is 1. The fraction of sp³-hybridized carbons (Fsp3) is 0.143. The van der Waals surface area contributed by atoms with Crippen molar-refractivity contribution in [3.63, 3.8) is 0 Å². The van der Waals surface area contributed by atoms with Gasteiger partial charge in [0.25, 0.3) is 0 Å². The number of hydrogen-bond donors (Lipinski definition) is 1. The number of pyridine rings is 1. The van der Waals surface area contributed by atoms with Crippen LogP contribution in [0.5, 0.6) is 0 Å². The van der Waals surface area contributed by atoms with Gasteiger partial charge in [0.1, 0.15) is 5.15 Å². The second-order valence-electron chi connectivity index (χ2n) is 4.14. The first-order valence-corrected chi connectivity index (χ1v) is 6.40. The maximum atomic E-state index is 11.4. The van der Waals surface area contributed by atoms with E-state index in [1.54, 1.807) is 42.6 Å². The lowest BCUT2D eigenvalue weighted by Crippen LogP contribution is -2.14. The Hall–Kier alpha value is -1.58. The third-order valence-corrected chi connectivity index (χ3v) is 3.22. The Kier molecular flexibility index (Phi) is 4.40. The molecule has 2 rings (SSSR count). The predicted molar refractivity (Wildman–Crippen MR) is 74.8 cm³/mol. The van der Waals surface area contributed by atoms with E-state index in [0.717, 1.165) is 5.56 Å². The van der Waals surface area contributed by atoms with Gasteiger partial charge in [-0.3, -0.25) is 4.79 Å². The lowest BCUT2D eigenvalue weighted by molar-refractivity contribution is -0.138. The summed E-state index contributed by atoms with van der Waals surface area (Å²) >= 11 is 11.7. The molecular formula is C14H11Cl2NO2. The van der Waals surface area contributed by atoms with E-state index in [-0.39, 0.29) is 0 Å². The Morgan fingerprint density at radius 1 is 1.26 bits per heavy atom. The van der Waals surface area contributed by atoms with Gasteiger partial charge in [0, 0.05) is 11.2 Å². The number of halogens is 2. The number of hydrogen-bond acceptors (Lipinski definition) is 2. The molecular weight excluding hydrogens is 285 g/mol. The van der Waals surface area contributed by atoms with Crippen molar-refractivity contribution < 1.29 is 9.90 Å². The van der Waals surface area contributed by atoms with Gasteiger partial charge in [0.2, 0.25) is 0 Å². The van der Waals surface area contributed by atoms with Crippen LogP contribution in [0.1, 0.15) is 17.0 Å². The van der Waals surface area contributed by atoms with Gasteiger partial charge < -0.3 is 5.11 Å². The Morgan fingerprint density at radius 3 is 2.68 bits per heavy atom. The molecule has 0 saturated heterocycles. The zero-order valence-electron chi connectivity index (χ0n) is 9.88. The summed E-state index contributed by atoms with van der Waals surface area (Å²) in [7, 11) is 0. The minimum atomic E-state index is -0.893. The second-order valence-corrected chi connectivity index (χ2v) is 4.96. The van der Waals surface area contributed by atoms with Gasteiger partial charge in [-0.15, -0.1) is 0 Å². The summed E-state index contributed by atoms with van der Waals surface area (Å²) in [6, 6.07) is 10.3. The van der Waals surface area contributed by atoms with Crippen molar-refractivity contribution >= 4 is 29.2 Å². The monoisotopic (exact) mass is 295 g/mol. The molecule has 0 radical (unpaired) electrons. The van der Waals surface area contributed by atoms with Crippen LogP contribution in [0.3, 0.4) is 0 Å². The number of carbonyl (C=O) groups is 1. The smallest absolute Gasteiger partial charge is 0.311 e. The first-order chi connectivity index (χ1) is 9.06. The third kappa shape index (κ3) is 3.69. The highest BCUT2D eigenvalue weighted by atomic mass is 35.5. The molecule has 0 bridgehead atoms. The second kappa shape index (κ2) is 6.04. The topological polar surface area (TPSA) is 50.2 Å². The summed E-state index contributed by atoms with van der Waals surface area (Å²) < 4.78 is 0. The molecule has 0 saturated carbocycles. The maximum Gasteiger partial charge on any atom is 0.311 e. The molecule has 1 heterocycles. The van der Waals surface area contributed by atoms with Crippen LogP contribution in [0, 0.1) is 0 Å². The molecule has 0 spiro atoms. The Bertz CT molecular complexity index is 602. The molecule has 1 N–H and O–H groups in total. The first kappa shape index (κ1) is 13.8. The van der Waals surface area contributed by atoms with Crippen molar-refractivity contribution in [3.05, 3.63) is 63.9 Å². The van der Waals surface area contributed by atoms with E-state index in [4.69, 9.17) is 23.2 Å². The summed E-state index contributed by atoms with van der Waals surface area (Å²) in [5, 5.41) is 10.2. The van der Waals surface area contributed by atoms with Crippen LogP contribution in [-0.2, 0) is 11.2 Å². The molecule has 1 atom stereocenters. The SMILES string of the molecule is O=C(O)C(Cc1ccnc(Cl)c1)c1cccc(Cl)c1. The molecule has 0 fully saturated rings. The van der Waals surface area contributed by atoms with E-state index >= 15 is 0 Å². The van der Waals surface area contributed by atoms with Crippen molar-refractivity contribution in [2.24, 2.45) is 0 Å². The van der Waals surface area contributed by atoms with Crippen molar-refractivity contribution in [3.8, 4) is 0 Å². The average molecular weight is 296 g/mol. The molecule has 98 valence electrons. The van der Waals surface area contributed by atoms with Gasteiger partial charge in [-0.25, -0.2) is 4.98 Å². The van der Waals surface area contributed by atoms with E-state index in [1.165, 1.54) is 0 Å². The molecule has 1 aromatic heterocycles. The quantitative estimate of drug-likeness (QED) is 0.873. The average Bonchev–Trinajstić information content (AvgIpc) is 2.35. The van der Waals surface area contributed by atoms with Crippen LogP contribution in [0.4, 0.5) is 0 Å². The number of carboxylic acid groups (broad SMARTS) is 1. The molecule has 3 nitrogen and oxygen atoms in total. The van der Waals surface area contributed by atoms with Crippen LogP contribution >= 0.6 is 23.2 Å². The van der Waals surface area contributed by atoms with Crippen LogP contribution in [0.15, 0.2) is 42.6 Å². The lowest BCUT2D eigenvalue weighted by atomic mass is 9.92. The fourth-order valence-electron chi connectivity index (χ4n) is 1.88. The maximum absolute atomic E-state index is 11.4. The number of rotatable bonds is 4. The number of nitrogens with zero attached hydrogens (tertiary/aromatic N) is 1. The normalized spacial score (nSPS) is 12.1. The minimum absolute atomic E-state index is 0.345. The molecule has 0 aliphatic rings. The molecule has 2 aromatic rings. The molecule has 1 unspecified atom stereocenters. The highest BCUT2D eigenvalue weighted by molar-refractivity contribution is 6.30. The zero-order chi connectivity index (χ0) is 13.8. The molecule has 0 amide bonds. The van der Waals surface area contributed by atoms with E-state index in [1.807, 2.05) is 0 Å². The minimum Gasteiger partial charge on any atom is -0.481 e. The van der Waals surface area contributed by atoms with E-state index in [9.17, 15) is 9.90 Å². The largest absolute Gasteiger partial charge is 0.481 e. The van der Waals surface area contributed by atoms with Gasteiger partial charge in [0.15, 0.2) is 0 Å². The molecule has 1 aromatic carbocycles.